The summed E-state index contributed by atoms with van der Waals surface area (Å²) in [5, 5.41) is 2.61. The molecule has 0 aliphatic heterocycles. The molecule has 0 aliphatic carbocycles. The van der Waals surface area contributed by atoms with Crippen molar-refractivity contribution in [2.75, 3.05) is 22.4 Å². The minimum absolute atomic E-state index is 0.124. The summed E-state index contributed by atoms with van der Waals surface area (Å²) in [4.78, 5) is 12.3. The van der Waals surface area contributed by atoms with Gasteiger partial charge in [0, 0.05) is 11.8 Å². The van der Waals surface area contributed by atoms with Crippen LogP contribution in [0.1, 0.15) is 25.3 Å². The Bertz CT molecular complexity index is 900. The number of sulfonamides is 1. The van der Waals surface area contributed by atoms with Crippen molar-refractivity contribution < 1.29 is 22.0 Å². The van der Waals surface area contributed by atoms with Crippen LogP contribution in [0, 0.1) is 11.6 Å². The molecule has 0 radical (unpaired) electrons. The van der Waals surface area contributed by atoms with E-state index >= 15 is 0 Å². The number of hydrogen-bond acceptors (Lipinski definition) is 3. The molecule has 0 aliphatic rings. The van der Waals surface area contributed by atoms with Crippen molar-refractivity contribution in [2.24, 2.45) is 0 Å². The third-order valence-electron chi connectivity index (χ3n) is 3.94. The normalized spacial score (nSPS) is 11.3. The van der Waals surface area contributed by atoms with E-state index in [0.29, 0.717) is 5.69 Å². The number of carbonyl (C=O) groups excluding carboxylic acids is 1. The fourth-order valence-electron chi connectivity index (χ4n) is 2.51. The van der Waals surface area contributed by atoms with E-state index in [1.54, 1.807) is 12.1 Å². The Kier molecular flexibility index (Phi) is 6.90. The third kappa shape index (κ3) is 6.02. The van der Waals surface area contributed by atoms with E-state index in [0.717, 1.165) is 53.6 Å². The van der Waals surface area contributed by atoms with Gasteiger partial charge in [0.05, 0.1) is 11.9 Å². The highest BCUT2D eigenvalue weighted by atomic mass is 32.2. The predicted molar refractivity (Wildman–Crippen MR) is 102 cm³/mol. The van der Waals surface area contributed by atoms with Gasteiger partial charge in [-0.05, 0) is 42.7 Å². The van der Waals surface area contributed by atoms with Gasteiger partial charge in [0.25, 0.3) is 0 Å². The number of carbonyl (C=O) groups is 1. The zero-order chi connectivity index (χ0) is 20.0. The molecule has 1 amide bonds. The van der Waals surface area contributed by atoms with Crippen molar-refractivity contribution in [1.82, 2.24) is 0 Å². The van der Waals surface area contributed by atoms with Crippen LogP contribution in [-0.2, 0) is 21.2 Å². The molecule has 2 aromatic rings. The van der Waals surface area contributed by atoms with Crippen LogP contribution in [0.2, 0.25) is 0 Å². The average molecular weight is 396 g/mol. The second-order valence-electron chi connectivity index (χ2n) is 6.22. The number of rotatable bonds is 8. The number of unbranched alkanes of at least 4 members (excludes halogenated alkanes) is 1. The minimum Gasteiger partial charge on any atom is -0.325 e. The summed E-state index contributed by atoms with van der Waals surface area (Å²) in [5.41, 5.74) is 1.55. The van der Waals surface area contributed by atoms with Gasteiger partial charge in [-0.15, -0.1) is 0 Å². The second-order valence-corrected chi connectivity index (χ2v) is 8.12. The van der Waals surface area contributed by atoms with E-state index < -0.39 is 34.1 Å². The summed E-state index contributed by atoms with van der Waals surface area (Å²) in [7, 11) is -3.87. The molecule has 146 valence electrons. The van der Waals surface area contributed by atoms with Crippen LogP contribution in [0.3, 0.4) is 0 Å². The van der Waals surface area contributed by atoms with Crippen molar-refractivity contribution in [3.63, 3.8) is 0 Å². The topological polar surface area (TPSA) is 66.5 Å². The molecule has 0 aromatic heterocycles. The minimum atomic E-state index is -3.87. The Morgan fingerprint density at radius 1 is 1.07 bits per heavy atom. The molecule has 8 heteroatoms. The average Bonchev–Trinajstić information content (AvgIpc) is 2.60. The van der Waals surface area contributed by atoms with Gasteiger partial charge >= 0.3 is 0 Å². The predicted octanol–water partition coefficient (Wildman–Crippen LogP) is 3.71. The standard InChI is InChI=1S/C19H22F2N2O3S/c1-3-4-5-14-6-8-15(9-7-14)22-19(24)13-23(27(2,25)26)16-10-11-17(20)18(21)12-16/h6-12H,3-5,13H2,1-2H3,(H,22,24). The van der Waals surface area contributed by atoms with E-state index in [1.807, 2.05) is 12.1 Å². The number of amides is 1. The van der Waals surface area contributed by atoms with Gasteiger partial charge in [-0.1, -0.05) is 25.5 Å². The first-order valence-electron chi connectivity index (χ1n) is 8.52. The van der Waals surface area contributed by atoms with E-state index in [1.165, 1.54) is 0 Å². The lowest BCUT2D eigenvalue weighted by atomic mass is 10.1. The third-order valence-corrected chi connectivity index (χ3v) is 5.08. The van der Waals surface area contributed by atoms with Gasteiger partial charge in [0.2, 0.25) is 15.9 Å². The zero-order valence-electron chi connectivity index (χ0n) is 15.2. The summed E-state index contributed by atoms with van der Waals surface area (Å²) in [6, 6.07) is 9.94. The summed E-state index contributed by atoms with van der Waals surface area (Å²) in [5.74, 6) is -2.88. The molecule has 0 fully saturated rings. The fourth-order valence-corrected chi connectivity index (χ4v) is 3.36. The number of benzene rings is 2. The zero-order valence-corrected chi connectivity index (χ0v) is 16.0. The SMILES string of the molecule is CCCCc1ccc(NC(=O)CN(c2ccc(F)c(F)c2)S(C)(=O)=O)cc1. The quantitative estimate of drug-likeness (QED) is 0.740. The van der Waals surface area contributed by atoms with Crippen molar-refractivity contribution >= 4 is 27.3 Å². The fraction of sp³-hybridized carbons (Fsp3) is 0.316. The van der Waals surface area contributed by atoms with Crippen molar-refractivity contribution in [1.29, 1.82) is 0 Å². The first-order chi connectivity index (χ1) is 12.7. The summed E-state index contributed by atoms with van der Waals surface area (Å²) in [6.07, 6.45) is 4.00. The highest BCUT2D eigenvalue weighted by Crippen LogP contribution is 2.21. The molecular weight excluding hydrogens is 374 g/mol. The summed E-state index contributed by atoms with van der Waals surface area (Å²) < 4.78 is 51.2. The molecule has 2 rings (SSSR count). The number of hydrogen-bond donors (Lipinski definition) is 1. The van der Waals surface area contributed by atoms with Crippen LogP contribution in [0.25, 0.3) is 0 Å². The Labute approximate surface area is 158 Å². The van der Waals surface area contributed by atoms with E-state index in [-0.39, 0.29) is 5.69 Å². The van der Waals surface area contributed by atoms with Crippen LogP contribution in [0.5, 0.6) is 0 Å². The molecule has 0 saturated heterocycles. The first kappa shape index (κ1) is 20.8. The van der Waals surface area contributed by atoms with Crippen LogP contribution in [0.4, 0.5) is 20.2 Å². The van der Waals surface area contributed by atoms with Crippen molar-refractivity contribution in [2.45, 2.75) is 26.2 Å². The maximum atomic E-state index is 13.4. The Balaban J connectivity index is 2.11. The number of nitrogens with zero attached hydrogens (tertiary/aromatic N) is 1. The second kappa shape index (κ2) is 8.94. The van der Waals surface area contributed by atoms with E-state index in [9.17, 15) is 22.0 Å². The molecule has 0 saturated carbocycles. The molecule has 0 bridgehead atoms. The summed E-state index contributed by atoms with van der Waals surface area (Å²) >= 11 is 0. The lowest BCUT2D eigenvalue weighted by Crippen LogP contribution is -2.37. The highest BCUT2D eigenvalue weighted by Gasteiger charge is 2.22. The lowest BCUT2D eigenvalue weighted by molar-refractivity contribution is -0.114. The molecular formula is C19H22F2N2O3S. The van der Waals surface area contributed by atoms with Crippen LogP contribution >= 0.6 is 0 Å². The Morgan fingerprint density at radius 2 is 1.74 bits per heavy atom. The smallest absolute Gasteiger partial charge is 0.245 e. The maximum Gasteiger partial charge on any atom is 0.245 e. The van der Waals surface area contributed by atoms with Gasteiger partial charge in [0.15, 0.2) is 11.6 Å². The Morgan fingerprint density at radius 3 is 2.30 bits per heavy atom. The van der Waals surface area contributed by atoms with Crippen LogP contribution in [-0.4, -0.2) is 27.1 Å². The first-order valence-corrected chi connectivity index (χ1v) is 10.4. The number of nitrogens with one attached hydrogen (secondary N) is 1. The Hall–Kier alpha value is -2.48. The van der Waals surface area contributed by atoms with Gasteiger partial charge in [-0.3, -0.25) is 9.10 Å². The molecule has 0 unspecified atom stereocenters. The number of halogens is 2. The van der Waals surface area contributed by atoms with Crippen LogP contribution in [0.15, 0.2) is 42.5 Å². The molecule has 0 atom stereocenters. The molecule has 27 heavy (non-hydrogen) atoms. The highest BCUT2D eigenvalue weighted by molar-refractivity contribution is 7.92. The van der Waals surface area contributed by atoms with Crippen molar-refractivity contribution in [3.8, 4) is 0 Å². The van der Waals surface area contributed by atoms with Gasteiger partial charge in [-0.2, -0.15) is 0 Å². The van der Waals surface area contributed by atoms with E-state index in [2.05, 4.69) is 12.2 Å². The van der Waals surface area contributed by atoms with Gasteiger partial charge in [-0.25, -0.2) is 17.2 Å². The molecule has 0 heterocycles. The molecule has 0 spiro atoms. The lowest BCUT2D eigenvalue weighted by Gasteiger charge is -2.22. The summed E-state index contributed by atoms with van der Waals surface area (Å²) in [6.45, 7) is 1.55. The largest absolute Gasteiger partial charge is 0.325 e. The van der Waals surface area contributed by atoms with Crippen LogP contribution < -0.4 is 9.62 Å². The van der Waals surface area contributed by atoms with Gasteiger partial charge < -0.3 is 5.32 Å². The van der Waals surface area contributed by atoms with E-state index in [4.69, 9.17) is 0 Å². The number of anilines is 2. The molecule has 1 N–H and O–H groups in total. The van der Waals surface area contributed by atoms with Crippen molar-refractivity contribution in [3.05, 3.63) is 59.7 Å². The molecule has 5 nitrogen and oxygen atoms in total. The number of aryl methyl sites for hydroxylation is 1. The monoisotopic (exact) mass is 396 g/mol. The maximum absolute atomic E-state index is 13.4. The van der Waals surface area contributed by atoms with Gasteiger partial charge in [0.1, 0.15) is 6.54 Å². The molecule has 2 aromatic carbocycles.